The van der Waals surface area contributed by atoms with Crippen LogP contribution in [0.2, 0.25) is 0 Å². The maximum atomic E-state index is 8.40. The van der Waals surface area contributed by atoms with Crippen molar-refractivity contribution in [2.75, 3.05) is 13.8 Å². The SMILES string of the molecule is COc1ccc2c(OCc3nnc4ncc(-c5cccc(OCN=[N+]=[N-])c5)nn34)ccnc2c1. The number of azide groups is 1. The molecule has 0 fully saturated rings. The van der Waals surface area contributed by atoms with Crippen LogP contribution in [0, 0.1) is 0 Å². The number of nitrogens with zero attached hydrogens (tertiary/aromatic N) is 9. The van der Waals surface area contributed by atoms with Crippen LogP contribution in [-0.4, -0.2) is 43.6 Å². The van der Waals surface area contributed by atoms with E-state index in [4.69, 9.17) is 19.7 Å². The number of hydrogen-bond donors (Lipinski definition) is 0. The van der Waals surface area contributed by atoms with Crippen molar-refractivity contribution in [1.82, 2.24) is 29.8 Å². The van der Waals surface area contributed by atoms with Crippen LogP contribution < -0.4 is 14.2 Å². The van der Waals surface area contributed by atoms with Gasteiger partial charge in [-0.05, 0) is 35.9 Å². The van der Waals surface area contributed by atoms with Gasteiger partial charge in [-0.3, -0.25) is 4.98 Å². The van der Waals surface area contributed by atoms with E-state index in [1.807, 2.05) is 30.3 Å². The maximum Gasteiger partial charge on any atom is 0.272 e. The minimum absolute atomic E-state index is 0.103. The minimum Gasteiger partial charge on any atom is -0.497 e. The molecule has 12 heteroatoms. The number of methoxy groups -OCH3 is 1. The summed E-state index contributed by atoms with van der Waals surface area (Å²) in [4.78, 5) is 11.4. The number of ether oxygens (including phenoxy) is 3. The second-order valence-electron chi connectivity index (χ2n) is 6.98. The molecule has 5 rings (SSSR count). The summed E-state index contributed by atoms with van der Waals surface area (Å²) in [5, 5.41) is 17.1. The molecule has 0 atom stereocenters. The van der Waals surface area contributed by atoms with E-state index in [1.54, 1.807) is 37.7 Å². The van der Waals surface area contributed by atoms with Crippen LogP contribution in [0.5, 0.6) is 17.2 Å². The van der Waals surface area contributed by atoms with Gasteiger partial charge in [0.25, 0.3) is 5.78 Å². The van der Waals surface area contributed by atoms with Crippen LogP contribution in [0.3, 0.4) is 0 Å². The number of benzene rings is 2. The molecule has 34 heavy (non-hydrogen) atoms. The van der Waals surface area contributed by atoms with Crippen molar-refractivity contribution in [2.24, 2.45) is 5.11 Å². The summed E-state index contributed by atoms with van der Waals surface area (Å²) in [6, 6.07) is 14.6. The average molecular weight is 455 g/mol. The number of hydrogen-bond acceptors (Lipinski definition) is 9. The average Bonchev–Trinajstić information content (AvgIpc) is 3.29. The van der Waals surface area contributed by atoms with E-state index in [1.165, 1.54) is 4.52 Å². The quantitative estimate of drug-likeness (QED) is 0.194. The molecular weight excluding hydrogens is 438 g/mol. The first kappa shape index (κ1) is 20.9. The molecule has 0 radical (unpaired) electrons. The highest BCUT2D eigenvalue weighted by molar-refractivity contribution is 5.85. The third-order valence-electron chi connectivity index (χ3n) is 4.95. The lowest BCUT2D eigenvalue weighted by atomic mass is 10.1. The molecule has 0 spiro atoms. The lowest BCUT2D eigenvalue weighted by Crippen LogP contribution is -2.06. The van der Waals surface area contributed by atoms with Gasteiger partial charge in [-0.1, -0.05) is 17.2 Å². The van der Waals surface area contributed by atoms with Crippen LogP contribution in [-0.2, 0) is 6.61 Å². The monoisotopic (exact) mass is 455 g/mol. The smallest absolute Gasteiger partial charge is 0.272 e. The van der Waals surface area contributed by atoms with Crippen molar-refractivity contribution >= 4 is 16.7 Å². The molecule has 0 N–H and O–H groups in total. The summed E-state index contributed by atoms with van der Waals surface area (Å²) in [6.45, 7) is 0.0216. The molecular formula is C22H17N9O3. The molecule has 0 amide bonds. The van der Waals surface area contributed by atoms with Gasteiger partial charge in [0.15, 0.2) is 12.6 Å². The van der Waals surface area contributed by atoms with Crippen LogP contribution in [0.4, 0.5) is 0 Å². The maximum absolute atomic E-state index is 8.40. The Morgan fingerprint density at radius 2 is 1.97 bits per heavy atom. The van der Waals surface area contributed by atoms with Crippen molar-refractivity contribution in [3.05, 3.63) is 77.2 Å². The van der Waals surface area contributed by atoms with Crippen LogP contribution in [0.15, 0.2) is 66.0 Å². The Kier molecular flexibility index (Phi) is 5.70. The highest BCUT2D eigenvalue weighted by atomic mass is 16.5. The molecule has 0 unspecified atom stereocenters. The molecule has 2 aromatic carbocycles. The van der Waals surface area contributed by atoms with Gasteiger partial charge in [0.2, 0.25) is 0 Å². The zero-order valence-electron chi connectivity index (χ0n) is 17.9. The fraction of sp³-hybridized carbons (Fsp3) is 0.136. The first-order chi connectivity index (χ1) is 16.7. The summed E-state index contributed by atoms with van der Waals surface area (Å²) >= 11 is 0. The molecule has 12 nitrogen and oxygen atoms in total. The van der Waals surface area contributed by atoms with E-state index in [2.05, 4.69) is 35.3 Å². The first-order valence-corrected chi connectivity index (χ1v) is 10.1. The Morgan fingerprint density at radius 3 is 2.85 bits per heavy atom. The van der Waals surface area contributed by atoms with Gasteiger partial charge in [-0.25, -0.2) is 4.98 Å². The van der Waals surface area contributed by atoms with Gasteiger partial charge in [-0.2, -0.15) is 9.61 Å². The second kappa shape index (κ2) is 9.27. The minimum atomic E-state index is -0.103. The van der Waals surface area contributed by atoms with Crippen molar-refractivity contribution in [2.45, 2.75) is 6.61 Å². The van der Waals surface area contributed by atoms with Gasteiger partial charge in [0.05, 0.1) is 18.8 Å². The standard InChI is InChI=1S/C22H17N9O3/c1-32-15-5-6-17-18(10-15)24-8-7-20(17)33-12-21-27-28-22-25-11-19(29-31(21)22)14-3-2-4-16(9-14)34-13-26-30-23/h2-11H,12-13H2,1H3. The predicted molar refractivity (Wildman–Crippen MR) is 121 cm³/mol. The van der Waals surface area contributed by atoms with Gasteiger partial charge in [-0.15, -0.1) is 10.2 Å². The van der Waals surface area contributed by atoms with E-state index in [-0.39, 0.29) is 13.3 Å². The van der Waals surface area contributed by atoms with E-state index in [0.717, 1.165) is 22.2 Å². The molecule has 3 heterocycles. The van der Waals surface area contributed by atoms with E-state index < -0.39 is 0 Å². The van der Waals surface area contributed by atoms with Gasteiger partial charge < -0.3 is 14.2 Å². The highest BCUT2D eigenvalue weighted by Gasteiger charge is 2.13. The normalized spacial score (nSPS) is 10.7. The van der Waals surface area contributed by atoms with Crippen LogP contribution >= 0.6 is 0 Å². The highest BCUT2D eigenvalue weighted by Crippen LogP contribution is 2.28. The number of rotatable bonds is 8. The van der Waals surface area contributed by atoms with Crippen molar-refractivity contribution < 1.29 is 14.2 Å². The summed E-state index contributed by atoms with van der Waals surface area (Å²) in [7, 11) is 1.61. The Bertz CT molecular complexity index is 1530. The van der Waals surface area contributed by atoms with Crippen molar-refractivity contribution in [3.8, 4) is 28.5 Å². The van der Waals surface area contributed by atoms with Gasteiger partial charge >= 0.3 is 0 Å². The molecule has 0 aliphatic rings. The Morgan fingerprint density at radius 1 is 1.03 bits per heavy atom. The molecule has 0 bridgehead atoms. The Hall–Kier alpha value is -4.96. The van der Waals surface area contributed by atoms with E-state index >= 15 is 0 Å². The predicted octanol–water partition coefficient (Wildman–Crippen LogP) is 3.97. The number of pyridine rings is 1. The Balaban J connectivity index is 1.41. The number of fused-ring (bicyclic) bond motifs is 2. The molecule has 0 saturated carbocycles. The van der Waals surface area contributed by atoms with Crippen LogP contribution in [0.25, 0.3) is 38.4 Å². The lowest BCUT2D eigenvalue weighted by Gasteiger charge is -2.09. The first-order valence-electron chi connectivity index (χ1n) is 10.1. The molecule has 5 aromatic rings. The van der Waals surface area contributed by atoms with Gasteiger partial charge in [0.1, 0.15) is 29.5 Å². The Labute approximate surface area is 192 Å². The van der Waals surface area contributed by atoms with Crippen molar-refractivity contribution in [1.29, 1.82) is 0 Å². The molecule has 0 aliphatic heterocycles. The topological polar surface area (TPSA) is 145 Å². The zero-order chi connectivity index (χ0) is 23.3. The molecule has 0 aliphatic carbocycles. The number of aromatic nitrogens is 6. The zero-order valence-corrected chi connectivity index (χ0v) is 17.9. The molecule has 0 saturated heterocycles. The summed E-state index contributed by atoms with van der Waals surface area (Å²) in [5.74, 6) is 2.75. The van der Waals surface area contributed by atoms with Crippen molar-refractivity contribution in [3.63, 3.8) is 0 Å². The summed E-state index contributed by atoms with van der Waals surface area (Å²) < 4.78 is 18.2. The fourth-order valence-corrected chi connectivity index (χ4v) is 3.33. The third kappa shape index (κ3) is 4.20. The second-order valence-corrected chi connectivity index (χ2v) is 6.98. The third-order valence-corrected chi connectivity index (χ3v) is 4.95. The summed E-state index contributed by atoms with van der Waals surface area (Å²) in [6.07, 6.45) is 3.28. The van der Waals surface area contributed by atoms with E-state index in [0.29, 0.717) is 28.8 Å². The molecule has 3 aromatic heterocycles. The summed E-state index contributed by atoms with van der Waals surface area (Å²) in [5.41, 5.74) is 10.5. The lowest BCUT2D eigenvalue weighted by molar-refractivity contribution is 0.296. The fourth-order valence-electron chi connectivity index (χ4n) is 3.33. The van der Waals surface area contributed by atoms with Gasteiger partial charge in [0, 0.05) is 28.1 Å². The van der Waals surface area contributed by atoms with E-state index in [9.17, 15) is 0 Å². The van der Waals surface area contributed by atoms with Crippen LogP contribution in [0.1, 0.15) is 5.82 Å². The largest absolute Gasteiger partial charge is 0.497 e. The molecule has 168 valence electrons.